The molecular weight excluding hydrogens is 323 g/mol. The number of carbonyl (C=O) groups excluding carboxylic acids is 1. The molecule has 0 saturated carbocycles. The summed E-state index contributed by atoms with van der Waals surface area (Å²) < 4.78 is 29.2. The molecule has 0 bridgehead atoms. The second kappa shape index (κ2) is 4.69. The van der Waals surface area contributed by atoms with Crippen LogP contribution in [0.1, 0.15) is 22.3 Å². The maximum Gasteiger partial charge on any atom is 0.343 e. The van der Waals surface area contributed by atoms with Crippen LogP contribution in [0.4, 0.5) is 8.78 Å². The van der Waals surface area contributed by atoms with E-state index < -0.39 is 29.1 Å². The summed E-state index contributed by atoms with van der Waals surface area (Å²) in [5.41, 5.74) is -1.56. The van der Waals surface area contributed by atoms with Gasteiger partial charge in [-0.05, 0) is 28.7 Å². The van der Waals surface area contributed by atoms with Crippen molar-refractivity contribution in [2.75, 3.05) is 7.11 Å². The van der Waals surface area contributed by atoms with Crippen LogP contribution in [0, 0.1) is 3.70 Å². The minimum atomic E-state index is -2.75. The summed E-state index contributed by atoms with van der Waals surface area (Å²) in [7, 11) is 1.07. The van der Waals surface area contributed by atoms with E-state index in [1.165, 1.54) is 0 Å². The van der Waals surface area contributed by atoms with Gasteiger partial charge < -0.3 is 9.72 Å². The van der Waals surface area contributed by atoms with Crippen molar-refractivity contribution >= 4 is 28.6 Å². The largest absolute Gasteiger partial charge is 0.465 e. The first-order valence-electron chi connectivity index (χ1n) is 3.76. The van der Waals surface area contributed by atoms with Crippen molar-refractivity contribution in [3.63, 3.8) is 0 Å². The Labute approximate surface area is 96.8 Å². The fourth-order valence-corrected chi connectivity index (χ4v) is 1.58. The topological polar surface area (TPSA) is 59.2 Å². The Morgan fingerprint density at radius 3 is 2.67 bits per heavy atom. The third kappa shape index (κ3) is 2.52. The summed E-state index contributed by atoms with van der Waals surface area (Å²) in [6.07, 6.45) is -2.75. The van der Waals surface area contributed by atoms with Gasteiger partial charge in [0.2, 0.25) is 0 Å². The highest BCUT2D eigenvalue weighted by Crippen LogP contribution is 2.22. The van der Waals surface area contributed by atoms with Gasteiger partial charge in [0, 0.05) is 5.56 Å². The summed E-state index contributed by atoms with van der Waals surface area (Å²) >= 11 is 1.57. The number of nitrogens with one attached hydrogen (secondary N) is 1. The van der Waals surface area contributed by atoms with Gasteiger partial charge in [-0.2, -0.15) is 0 Å². The van der Waals surface area contributed by atoms with Crippen LogP contribution in [0.25, 0.3) is 0 Å². The van der Waals surface area contributed by atoms with E-state index in [9.17, 15) is 18.4 Å². The number of methoxy groups -OCH3 is 1. The van der Waals surface area contributed by atoms with E-state index in [1.54, 1.807) is 22.6 Å². The van der Waals surface area contributed by atoms with Gasteiger partial charge in [-0.3, -0.25) is 4.79 Å². The molecule has 0 fully saturated rings. The third-order valence-corrected chi connectivity index (χ3v) is 2.55. The Balaban J connectivity index is 3.36. The van der Waals surface area contributed by atoms with Crippen molar-refractivity contribution in [3.8, 4) is 0 Å². The number of esters is 1. The number of hydrogen-bond donors (Lipinski definition) is 1. The van der Waals surface area contributed by atoms with Crippen molar-refractivity contribution in [1.29, 1.82) is 0 Å². The molecule has 1 heterocycles. The monoisotopic (exact) mass is 329 g/mol. The Hall–Kier alpha value is -0.990. The molecule has 1 N–H and O–H groups in total. The molecular formula is C8H6F2INO3. The third-order valence-electron chi connectivity index (χ3n) is 1.66. The summed E-state index contributed by atoms with van der Waals surface area (Å²) in [4.78, 5) is 24.4. The molecule has 1 aromatic heterocycles. The molecule has 0 aliphatic carbocycles. The highest BCUT2D eigenvalue weighted by atomic mass is 127. The second-order valence-electron chi connectivity index (χ2n) is 2.57. The number of H-pyrrole nitrogens is 1. The molecule has 4 nitrogen and oxygen atoms in total. The van der Waals surface area contributed by atoms with Gasteiger partial charge in [0.1, 0.15) is 5.56 Å². The summed E-state index contributed by atoms with van der Waals surface area (Å²) in [5.74, 6) is -0.936. The number of carbonyl (C=O) groups is 1. The molecule has 0 aliphatic rings. The molecule has 82 valence electrons. The van der Waals surface area contributed by atoms with Crippen molar-refractivity contribution in [2.24, 2.45) is 0 Å². The first kappa shape index (κ1) is 12.1. The smallest absolute Gasteiger partial charge is 0.343 e. The lowest BCUT2D eigenvalue weighted by Gasteiger charge is -2.04. The average molecular weight is 329 g/mol. The number of aromatic nitrogens is 1. The van der Waals surface area contributed by atoms with Crippen molar-refractivity contribution in [3.05, 3.63) is 31.2 Å². The van der Waals surface area contributed by atoms with Crippen LogP contribution in [0.2, 0.25) is 0 Å². The van der Waals surface area contributed by atoms with Gasteiger partial charge in [-0.15, -0.1) is 0 Å². The molecule has 1 rings (SSSR count). The van der Waals surface area contributed by atoms with E-state index in [2.05, 4.69) is 9.72 Å². The van der Waals surface area contributed by atoms with Crippen molar-refractivity contribution < 1.29 is 18.3 Å². The van der Waals surface area contributed by atoms with Gasteiger partial charge in [-0.25, -0.2) is 13.6 Å². The van der Waals surface area contributed by atoms with Crippen molar-refractivity contribution in [2.45, 2.75) is 6.43 Å². The van der Waals surface area contributed by atoms with Crippen molar-refractivity contribution in [1.82, 2.24) is 4.98 Å². The SMILES string of the molecule is COC(=O)c1cc(C(F)F)c(I)[nH]c1=O. The van der Waals surface area contributed by atoms with E-state index in [4.69, 9.17) is 0 Å². The van der Waals surface area contributed by atoms with E-state index in [-0.39, 0.29) is 3.70 Å². The first-order chi connectivity index (χ1) is 6.97. The normalized spacial score (nSPS) is 10.5. The van der Waals surface area contributed by atoms with Crippen LogP contribution >= 0.6 is 22.6 Å². The minimum absolute atomic E-state index is 0.0141. The molecule has 0 aromatic carbocycles. The zero-order valence-electron chi connectivity index (χ0n) is 7.51. The van der Waals surface area contributed by atoms with Crippen LogP contribution in [0.5, 0.6) is 0 Å². The van der Waals surface area contributed by atoms with Gasteiger partial charge in [0.15, 0.2) is 0 Å². The van der Waals surface area contributed by atoms with E-state index in [0.29, 0.717) is 0 Å². The Bertz CT molecular complexity index is 444. The fourth-order valence-electron chi connectivity index (χ4n) is 0.944. The van der Waals surface area contributed by atoms with E-state index in [1.807, 2.05) is 0 Å². The standard InChI is InChI=1S/C8H6F2INO3/c1-15-8(14)4-2-3(5(9)10)6(11)12-7(4)13/h2,5H,1H3,(H,12,13). The number of pyridine rings is 1. The molecule has 1 aromatic rings. The van der Waals surface area contributed by atoms with Crippen LogP contribution in [-0.2, 0) is 4.74 Å². The maximum absolute atomic E-state index is 12.4. The van der Waals surface area contributed by atoms with Crippen LogP contribution in [0.15, 0.2) is 10.9 Å². The average Bonchev–Trinajstić information content (AvgIpc) is 2.16. The zero-order valence-corrected chi connectivity index (χ0v) is 9.67. The molecule has 0 atom stereocenters. The Kier molecular flexibility index (Phi) is 3.77. The Morgan fingerprint density at radius 1 is 1.60 bits per heavy atom. The van der Waals surface area contributed by atoms with Crippen LogP contribution in [-0.4, -0.2) is 18.1 Å². The van der Waals surface area contributed by atoms with Gasteiger partial charge >= 0.3 is 5.97 Å². The quantitative estimate of drug-likeness (QED) is 0.510. The van der Waals surface area contributed by atoms with E-state index >= 15 is 0 Å². The van der Waals surface area contributed by atoms with Crippen LogP contribution < -0.4 is 5.56 Å². The molecule has 0 unspecified atom stereocenters. The molecule has 15 heavy (non-hydrogen) atoms. The Morgan fingerprint density at radius 2 is 2.20 bits per heavy atom. The predicted octanol–water partition coefficient (Wildman–Crippen LogP) is 1.70. The maximum atomic E-state index is 12.4. The minimum Gasteiger partial charge on any atom is -0.465 e. The summed E-state index contributed by atoms with van der Waals surface area (Å²) in [5, 5.41) is 0. The number of hydrogen-bond acceptors (Lipinski definition) is 3. The predicted molar refractivity (Wildman–Crippen MR) is 56.1 cm³/mol. The molecule has 0 spiro atoms. The highest BCUT2D eigenvalue weighted by molar-refractivity contribution is 14.1. The first-order valence-corrected chi connectivity index (χ1v) is 4.84. The number of ether oxygens (including phenoxy) is 1. The van der Waals surface area contributed by atoms with E-state index in [0.717, 1.165) is 13.2 Å². The fraction of sp³-hybridized carbons (Fsp3) is 0.250. The highest BCUT2D eigenvalue weighted by Gasteiger charge is 2.18. The summed E-state index contributed by atoms with van der Waals surface area (Å²) in [6.45, 7) is 0. The number of rotatable bonds is 2. The molecule has 0 saturated heterocycles. The van der Waals surface area contributed by atoms with Gasteiger partial charge in [0.25, 0.3) is 12.0 Å². The number of halogens is 3. The lowest BCUT2D eigenvalue weighted by molar-refractivity contribution is 0.0598. The second-order valence-corrected chi connectivity index (χ2v) is 3.65. The molecule has 0 amide bonds. The van der Waals surface area contributed by atoms with Gasteiger partial charge in [0.05, 0.1) is 10.8 Å². The lowest BCUT2D eigenvalue weighted by atomic mass is 10.2. The van der Waals surface area contributed by atoms with Gasteiger partial charge in [-0.1, -0.05) is 0 Å². The van der Waals surface area contributed by atoms with Crippen LogP contribution in [0.3, 0.4) is 0 Å². The number of aromatic amines is 1. The molecule has 0 radical (unpaired) electrons. The lowest BCUT2D eigenvalue weighted by Crippen LogP contribution is -2.21. The molecule has 0 aliphatic heterocycles. The zero-order chi connectivity index (χ0) is 11.6. The molecule has 7 heteroatoms. The summed E-state index contributed by atoms with van der Waals surface area (Å²) in [6, 6.07) is 0.844. The number of alkyl halides is 2.